The summed E-state index contributed by atoms with van der Waals surface area (Å²) in [6.07, 6.45) is 0.983. The number of hydrogen-bond acceptors (Lipinski definition) is 6. The first kappa shape index (κ1) is 9.54. The van der Waals surface area contributed by atoms with Crippen molar-refractivity contribution in [3.05, 3.63) is 22.1 Å². The van der Waals surface area contributed by atoms with Gasteiger partial charge in [0.2, 0.25) is 0 Å². The van der Waals surface area contributed by atoms with Gasteiger partial charge in [-0.25, -0.2) is 4.98 Å². The highest BCUT2D eigenvalue weighted by Crippen LogP contribution is 2.16. The summed E-state index contributed by atoms with van der Waals surface area (Å²) in [5.41, 5.74) is 2.09. The van der Waals surface area contributed by atoms with Gasteiger partial charge >= 0.3 is 0 Å². The molecule has 0 aliphatic rings. The van der Waals surface area contributed by atoms with Crippen LogP contribution >= 0.6 is 22.9 Å². The SMILES string of the molecule is CCc1csc(NCc2csnn2)n1. The van der Waals surface area contributed by atoms with E-state index in [2.05, 4.69) is 32.2 Å². The number of aromatic nitrogens is 3. The maximum atomic E-state index is 4.39. The highest BCUT2D eigenvalue weighted by molar-refractivity contribution is 7.13. The first-order valence-corrected chi connectivity index (χ1v) is 6.04. The van der Waals surface area contributed by atoms with Crippen LogP contribution in [0.5, 0.6) is 0 Å². The summed E-state index contributed by atoms with van der Waals surface area (Å²) in [5, 5.41) is 12.1. The fourth-order valence-electron chi connectivity index (χ4n) is 0.978. The molecule has 0 spiro atoms. The number of anilines is 1. The van der Waals surface area contributed by atoms with Crippen LogP contribution in [0.15, 0.2) is 10.8 Å². The number of nitrogens with zero attached hydrogens (tertiary/aromatic N) is 3. The van der Waals surface area contributed by atoms with Gasteiger partial charge in [-0.1, -0.05) is 11.4 Å². The third kappa shape index (κ3) is 2.27. The Hall–Kier alpha value is -1.01. The topological polar surface area (TPSA) is 50.7 Å². The number of rotatable bonds is 4. The second kappa shape index (κ2) is 4.47. The summed E-state index contributed by atoms with van der Waals surface area (Å²) in [7, 11) is 0. The first-order chi connectivity index (χ1) is 6.88. The van der Waals surface area contributed by atoms with Crippen LogP contribution in [0.2, 0.25) is 0 Å². The van der Waals surface area contributed by atoms with E-state index < -0.39 is 0 Å². The Morgan fingerprint density at radius 3 is 2.93 bits per heavy atom. The lowest BCUT2D eigenvalue weighted by atomic mass is 10.4. The molecule has 1 N–H and O–H groups in total. The minimum absolute atomic E-state index is 0.702. The van der Waals surface area contributed by atoms with Crippen molar-refractivity contribution in [2.45, 2.75) is 19.9 Å². The fourth-order valence-corrected chi connectivity index (χ4v) is 2.22. The summed E-state index contributed by atoms with van der Waals surface area (Å²) in [6.45, 7) is 2.80. The smallest absolute Gasteiger partial charge is 0.183 e. The van der Waals surface area contributed by atoms with Gasteiger partial charge in [-0.2, -0.15) is 0 Å². The summed E-state index contributed by atoms with van der Waals surface area (Å²) in [5.74, 6) is 0. The van der Waals surface area contributed by atoms with Crippen molar-refractivity contribution in [1.82, 2.24) is 14.6 Å². The number of thiazole rings is 1. The van der Waals surface area contributed by atoms with Crippen LogP contribution in [0, 0.1) is 0 Å². The van der Waals surface area contributed by atoms with Crippen LogP contribution < -0.4 is 5.32 Å². The molecule has 0 aromatic carbocycles. The molecule has 2 aromatic rings. The average molecular weight is 226 g/mol. The number of hydrogen-bond donors (Lipinski definition) is 1. The molecule has 14 heavy (non-hydrogen) atoms. The zero-order valence-corrected chi connectivity index (χ0v) is 9.36. The first-order valence-electron chi connectivity index (χ1n) is 4.32. The molecule has 0 aliphatic carbocycles. The van der Waals surface area contributed by atoms with Crippen molar-refractivity contribution >= 4 is 28.0 Å². The van der Waals surface area contributed by atoms with Crippen molar-refractivity contribution in [2.75, 3.05) is 5.32 Å². The maximum Gasteiger partial charge on any atom is 0.183 e. The summed E-state index contributed by atoms with van der Waals surface area (Å²) in [4.78, 5) is 4.39. The molecular formula is C8H10N4S2. The Kier molecular flexibility index (Phi) is 3.05. The van der Waals surface area contributed by atoms with E-state index in [0.29, 0.717) is 6.54 Å². The molecule has 0 fully saturated rings. The lowest BCUT2D eigenvalue weighted by Gasteiger charge is -1.97. The average Bonchev–Trinajstić information content (AvgIpc) is 2.86. The third-order valence-electron chi connectivity index (χ3n) is 1.74. The van der Waals surface area contributed by atoms with Gasteiger partial charge in [-0.3, -0.25) is 0 Å². The Balaban J connectivity index is 1.92. The third-order valence-corrected chi connectivity index (χ3v) is 3.14. The predicted molar refractivity (Wildman–Crippen MR) is 58.7 cm³/mol. The van der Waals surface area contributed by atoms with E-state index in [4.69, 9.17) is 0 Å². The van der Waals surface area contributed by atoms with Gasteiger partial charge < -0.3 is 5.32 Å². The van der Waals surface area contributed by atoms with Gasteiger partial charge in [-0.05, 0) is 18.0 Å². The zero-order chi connectivity index (χ0) is 9.80. The van der Waals surface area contributed by atoms with E-state index in [1.807, 2.05) is 5.38 Å². The highest BCUT2D eigenvalue weighted by Gasteiger charge is 2.00. The van der Waals surface area contributed by atoms with E-state index >= 15 is 0 Å². The molecule has 2 rings (SSSR count). The Morgan fingerprint density at radius 2 is 2.29 bits per heavy atom. The van der Waals surface area contributed by atoms with Gasteiger partial charge in [0, 0.05) is 10.8 Å². The Bertz CT molecular complexity index is 382. The van der Waals surface area contributed by atoms with Gasteiger partial charge in [0.25, 0.3) is 0 Å². The van der Waals surface area contributed by atoms with Crippen LogP contribution in [0.3, 0.4) is 0 Å². The van der Waals surface area contributed by atoms with Gasteiger partial charge in [0.15, 0.2) is 5.13 Å². The number of nitrogens with one attached hydrogen (secondary N) is 1. The van der Waals surface area contributed by atoms with E-state index in [9.17, 15) is 0 Å². The largest absolute Gasteiger partial charge is 0.356 e. The molecule has 4 nitrogen and oxygen atoms in total. The Labute approximate surface area is 90.2 Å². The molecule has 0 aliphatic heterocycles. The summed E-state index contributed by atoms with van der Waals surface area (Å²) < 4.78 is 3.79. The molecule has 0 atom stereocenters. The fraction of sp³-hybridized carbons (Fsp3) is 0.375. The quantitative estimate of drug-likeness (QED) is 0.868. The second-order valence-corrected chi connectivity index (χ2v) is 4.22. The minimum Gasteiger partial charge on any atom is -0.356 e. The molecule has 0 unspecified atom stereocenters. The minimum atomic E-state index is 0.702. The molecule has 2 aromatic heterocycles. The van der Waals surface area contributed by atoms with Gasteiger partial charge in [-0.15, -0.1) is 16.4 Å². The molecular weight excluding hydrogens is 216 g/mol. The number of aryl methyl sites for hydroxylation is 1. The Morgan fingerprint density at radius 1 is 1.36 bits per heavy atom. The monoisotopic (exact) mass is 226 g/mol. The summed E-state index contributed by atoms with van der Waals surface area (Å²) in [6, 6.07) is 0. The van der Waals surface area contributed by atoms with Gasteiger partial charge in [0.1, 0.15) is 0 Å². The predicted octanol–water partition coefficient (Wildman–Crippen LogP) is 2.17. The normalized spacial score (nSPS) is 10.4. The molecule has 0 amide bonds. The van der Waals surface area contributed by atoms with Crippen LogP contribution in [-0.4, -0.2) is 14.6 Å². The second-order valence-electron chi connectivity index (χ2n) is 2.75. The lowest BCUT2D eigenvalue weighted by Crippen LogP contribution is -1.99. The van der Waals surface area contributed by atoms with Crippen molar-refractivity contribution in [3.63, 3.8) is 0 Å². The lowest BCUT2D eigenvalue weighted by molar-refractivity contribution is 0.987. The standard InChI is InChI=1S/C8H10N4S2/c1-2-6-4-13-8(10-6)9-3-7-5-14-12-11-7/h4-5H,2-3H2,1H3,(H,9,10). The van der Waals surface area contributed by atoms with E-state index in [1.54, 1.807) is 11.3 Å². The molecule has 0 saturated carbocycles. The van der Waals surface area contributed by atoms with Crippen LogP contribution in [0.4, 0.5) is 5.13 Å². The van der Waals surface area contributed by atoms with Crippen molar-refractivity contribution in [3.8, 4) is 0 Å². The molecule has 0 radical (unpaired) electrons. The molecule has 0 saturated heterocycles. The van der Waals surface area contributed by atoms with Crippen molar-refractivity contribution in [1.29, 1.82) is 0 Å². The van der Waals surface area contributed by atoms with E-state index in [0.717, 1.165) is 22.9 Å². The molecule has 0 bridgehead atoms. The van der Waals surface area contributed by atoms with Crippen LogP contribution in [-0.2, 0) is 13.0 Å². The van der Waals surface area contributed by atoms with Crippen molar-refractivity contribution < 1.29 is 0 Å². The maximum absolute atomic E-state index is 4.39. The van der Waals surface area contributed by atoms with Crippen LogP contribution in [0.25, 0.3) is 0 Å². The van der Waals surface area contributed by atoms with Crippen molar-refractivity contribution in [2.24, 2.45) is 0 Å². The molecule has 6 heteroatoms. The van der Waals surface area contributed by atoms with E-state index in [-0.39, 0.29) is 0 Å². The van der Waals surface area contributed by atoms with Gasteiger partial charge in [0.05, 0.1) is 17.9 Å². The van der Waals surface area contributed by atoms with E-state index in [1.165, 1.54) is 11.5 Å². The highest BCUT2D eigenvalue weighted by atomic mass is 32.1. The zero-order valence-electron chi connectivity index (χ0n) is 7.73. The molecule has 2 heterocycles. The molecule has 74 valence electrons. The summed E-state index contributed by atoms with van der Waals surface area (Å²) >= 11 is 3.00. The van der Waals surface area contributed by atoms with Crippen LogP contribution in [0.1, 0.15) is 18.3 Å².